The standard InChI is InChI=1S/C15H25NO/c1-10-7-8-12(15(3,4)5)9-13(10)14(16-6)11(2)17/h7-9,11,14,16-17H,1-6H3. The summed E-state index contributed by atoms with van der Waals surface area (Å²) in [6.07, 6.45) is -0.395. The summed E-state index contributed by atoms with van der Waals surface area (Å²) < 4.78 is 0. The number of rotatable bonds is 3. The zero-order chi connectivity index (χ0) is 13.2. The number of aliphatic hydroxyl groups excluding tert-OH is 1. The molecule has 96 valence electrons. The van der Waals surface area contributed by atoms with E-state index in [1.807, 2.05) is 14.0 Å². The molecule has 0 radical (unpaired) electrons. The van der Waals surface area contributed by atoms with Gasteiger partial charge in [-0.3, -0.25) is 0 Å². The second kappa shape index (κ2) is 5.19. The van der Waals surface area contributed by atoms with Crippen LogP contribution in [-0.2, 0) is 5.41 Å². The van der Waals surface area contributed by atoms with Gasteiger partial charge in [-0.05, 0) is 43.0 Å². The first-order valence-electron chi connectivity index (χ1n) is 6.23. The highest BCUT2D eigenvalue weighted by molar-refractivity contribution is 5.37. The molecule has 0 bridgehead atoms. The summed E-state index contributed by atoms with van der Waals surface area (Å²) in [4.78, 5) is 0. The topological polar surface area (TPSA) is 32.3 Å². The summed E-state index contributed by atoms with van der Waals surface area (Å²) in [6, 6.07) is 6.52. The summed E-state index contributed by atoms with van der Waals surface area (Å²) in [5.74, 6) is 0. The van der Waals surface area contributed by atoms with Crippen molar-refractivity contribution in [3.05, 3.63) is 34.9 Å². The normalized spacial score (nSPS) is 15.7. The second-order valence-corrected chi connectivity index (χ2v) is 5.83. The molecule has 0 saturated heterocycles. The van der Waals surface area contributed by atoms with E-state index in [2.05, 4.69) is 51.2 Å². The number of hydrogen-bond donors (Lipinski definition) is 2. The second-order valence-electron chi connectivity index (χ2n) is 5.83. The van der Waals surface area contributed by atoms with E-state index in [1.165, 1.54) is 16.7 Å². The lowest BCUT2D eigenvalue weighted by molar-refractivity contribution is 0.149. The first-order chi connectivity index (χ1) is 7.77. The van der Waals surface area contributed by atoms with Gasteiger partial charge in [0.2, 0.25) is 0 Å². The van der Waals surface area contributed by atoms with Gasteiger partial charge in [0.05, 0.1) is 12.1 Å². The number of hydrogen-bond acceptors (Lipinski definition) is 2. The molecule has 2 heteroatoms. The van der Waals surface area contributed by atoms with Crippen molar-refractivity contribution in [1.29, 1.82) is 0 Å². The predicted octanol–water partition coefficient (Wildman–Crippen LogP) is 2.93. The smallest absolute Gasteiger partial charge is 0.0706 e. The van der Waals surface area contributed by atoms with Crippen LogP contribution in [0.3, 0.4) is 0 Å². The average molecular weight is 235 g/mol. The number of likely N-dealkylation sites (N-methyl/N-ethyl adjacent to an activating group) is 1. The minimum absolute atomic E-state index is 0.00250. The van der Waals surface area contributed by atoms with E-state index in [9.17, 15) is 5.11 Å². The first kappa shape index (κ1) is 14.2. The van der Waals surface area contributed by atoms with E-state index in [-0.39, 0.29) is 11.5 Å². The summed E-state index contributed by atoms with van der Waals surface area (Å²) in [5, 5.41) is 13.0. The van der Waals surface area contributed by atoms with Crippen LogP contribution in [0.25, 0.3) is 0 Å². The van der Waals surface area contributed by atoms with E-state index < -0.39 is 6.10 Å². The van der Waals surface area contributed by atoms with E-state index >= 15 is 0 Å². The lowest BCUT2D eigenvalue weighted by Crippen LogP contribution is -2.28. The molecule has 0 amide bonds. The third-order valence-corrected chi connectivity index (χ3v) is 3.27. The average Bonchev–Trinajstić information content (AvgIpc) is 2.19. The molecule has 0 aliphatic carbocycles. The maximum absolute atomic E-state index is 9.82. The predicted molar refractivity (Wildman–Crippen MR) is 73.4 cm³/mol. The van der Waals surface area contributed by atoms with Crippen molar-refractivity contribution < 1.29 is 5.11 Å². The summed E-state index contributed by atoms with van der Waals surface area (Å²) in [7, 11) is 1.89. The minimum atomic E-state index is -0.395. The lowest BCUT2D eigenvalue weighted by atomic mass is 9.83. The Hall–Kier alpha value is -0.860. The maximum Gasteiger partial charge on any atom is 0.0706 e. The van der Waals surface area contributed by atoms with Crippen molar-refractivity contribution in [2.45, 2.75) is 52.2 Å². The van der Waals surface area contributed by atoms with Gasteiger partial charge in [-0.15, -0.1) is 0 Å². The monoisotopic (exact) mass is 235 g/mol. The fraction of sp³-hybridized carbons (Fsp3) is 0.600. The summed E-state index contributed by atoms with van der Waals surface area (Å²) >= 11 is 0. The fourth-order valence-electron chi connectivity index (χ4n) is 2.10. The van der Waals surface area contributed by atoms with Gasteiger partial charge >= 0.3 is 0 Å². The molecule has 2 unspecified atom stereocenters. The largest absolute Gasteiger partial charge is 0.391 e. The van der Waals surface area contributed by atoms with Crippen molar-refractivity contribution >= 4 is 0 Å². The maximum atomic E-state index is 9.82. The molecule has 2 N–H and O–H groups in total. The molecule has 2 nitrogen and oxygen atoms in total. The van der Waals surface area contributed by atoms with Gasteiger partial charge in [0.1, 0.15) is 0 Å². The third kappa shape index (κ3) is 3.30. The van der Waals surface area contributed by atoms with Crippen molar-refractivity contribution in [3.8, 4) is 0 Å². The quantitative estimate of drug-likeness (QED) is 0.844. The van der Waals surface area contributed by atoms with Crippen LogP contribution in [0.5, 0.6) is 0 Å². The van der Waals surface area contributed by atoms with Gasteiger partial charge in [0.25, 0.3) is 0 Å². The molecule has 1 rings (SSSR count). The number of nitrogens with one attached hydrogen (secondary N) is 1. The Bertz CT molecular complexity index is 377. The van der Waals surface area contributed by atoms with Gasteiger partial charge in [-0.25, -0.2) is 0 Å². The lowest BCUT2D eigenvalue weighted by Gasteiger charge is -2.26. The SMILES string of the molecule is CNC(c1cc(C(C)(C)C)ccc1C)C(C)O. The Morgan fingerprint density at radius 2 is 1.82 bits per heavy atom. The number of aryl methyl sites for hydroxylation is 1. The first-order valence-corrected chi connectivity index (χ1v) is 6.23. The zero-order valence-electron chi connectivity index (χ0n) is 11.8. The molecule has 0 aromatic heterocycles. The number of benzene rings is 1. The van der Waals surface area contributed by atoms with Gasteiger partial charge in [-0.2, -0.15) is 0 Å². The zero-order valence-corrected chi connectivity index (χ0v) is 11.8. The molecule has 1 aromatic carbocycles. The van der Waals surface area contributed by atoms with Gasteiger partial charge in [0, 0.05) is 0 Å². The van der Waals surface area contributed by atoms with Crippen LogP contribution < -0.4 is 5.32 Å². The Morgan fingerprint density at radius 1 is 1.24 bits per heavy atom. The molecular formula is C15H25NO. The Kier molecular flexibility index (Phi) is 4.34. The summed E-state index contributed by atoms with van der Waals surface area (Å²) in [5.41, 5.74) is 3.85. The number of aliphatic hydroxyl groups is 1. The van der Waals surface area contributed by atoms with E-state index in [0.717, 1.165) is 0 Å². The Morgan fingerprint density at radius 3 is 2.24 bits per heavy atom. The van der Waals surface area contributed by atoms with Crippen LogP contribution in [-0.4, -0.2) is 18.3 Å². The molecule has 17 heavy (non-hydrogen) atoms. The molecule has 0 saturated carbocycles. The van der Waals surface area contributed by atoms with E-state index in [4.69, 9.17) is 0 Å². The molecular weight excluding hydrogens is 210 g/mol. The molecule has 0 aliphatic rings. The molecule has 2 atom stereocenters. The highest BCUT2D eigenvalue weighted by Crippen LogP contribution is 2.28. The molecule has 0 spiro atoms. The van der Waals surface area contributed by atoms with Gasteiger partial charge in [-0.1, -0.05) is 39.0 Å². The van der Waals surface area contributed by atoms with Crippen LogP contribution in [0.2, 0.25) is 0 Å². The van der Waals surface area contributed by atoms with Crippen LogP contribution in [0.4, 0.5) is 0 Å². The molecule has 0 aliphatic heterocycles. The van der Waals surface area contributed by atoms with Crippen LogP contribution >= 0.6 is 0 Å². The molecule has 0 heterocycles. The van der Waals surface area contributed by atoms with Crippen molar-refractivity contribution in [3.63, 3.8) is 0 Å². The molecule has 0 fully saturated rings. The Labute approximate surface area is 105 Å². The van der Waals surface area contributed by atoms with E-state index in [0.29, 0.717) is 0 Å². The van der Waals surface area contributed by atoms with Gasteiger partial charge in [0.15, 0.2) is 0 Å². The van der Waals surface area contributed by atoms with E-state index in [1.54, 1.807) is 0 Å². The summed E-state index contributed by atoms with van der Waals surface area (Å²) in [6.45, 7) is 10.5. The fourth-order valence-corrected chi connectivity index (χ4v) is 2.10. The van der Waals surface area contributed by atoms with Gasteiger partial charge < -0.3 is 10.4 Å². The Balaban J connectivity index is 3.23. The highest BCUT2D eigenvalue weighted by Gasteiger charge is 2.20. The van der Waals surface area contributed by atoms with Crippen LogP contribution in [0.15, 0.2) is 18.2 Å². The van der Waals surface area contributed by atoms with Crippen LogP contribution in [0, 0.1) is 6.92 Å². The van der Waals surface area contributed by atoms with Crippen molar-refractivity contribution in [2.24, 2.45) is 0 Å². The van der Waals surface area contributed by atoms with Crippen molar-refractivity contribution in [2.75, 3.05) is 7.05 Å². The van der Waals surface area contributed by atoms with Crippen molar-refractivity contribution in [1.82, 2.24) is 5.32 Å². The highest BCUT2D eigenvalue weighted by atomic mass is 16.3. The minimum Gasteiger partial charge on any atom is -0.391 e. The molecule has 1 aromatic rings. The van der Waals surface area contributed by atoms with Crippen LogP contribution in [0.1, 0.15) is 50.4 Å². The third-order valence-electron chi connectivity index (χ3n) is 3.27.